The Morgan fingerprint density at radius 3 is 0.961 bits per heavy atom. The van der Waals surface area contributed by atoms with Crippen LogP contribution in [0.5, 0.6) is 5.75 Å². The molecular weight excluding hydrogens is 1010 g/mol. The number of primary amides is 1. The van der Waals surface area contributed by atoms with E-state index in [4.69, 9.17) is 51.6 Å². The summed E-state index contributed by atoms with van der Waals surface area (Å²) in [7, 11) is 0. The molecule has 0 spiro atoms. The van der Waals surface area contributed by atoms with E-state index in [2.05, 4.69) is 78.5 Å². The molecule has 1 rings (SSSR count). The van der Waals surface area contributed by atoms with Crippen LogP contribution >= 0.6 is 0 Å². The van der Waals surface area contributed by atoms with Crippen LogP contribution in [-0.4, -0.2) is 195 Å². The number of benzene rings is 1. The SMILES string of the molecule is CC(=O)N[C@@H](Cc1ccc(O)cc1)C(=O)NCC(=O)NCC(=O)N[C@@H](CN=C(N)N)C(=O)NCC(=O)N[C@@H](CN=C(N)N)C(=O)NCC(=O)N[C@@H](CN=C(N)N)C(=O)NCC(=O)N[C@@H](CN=C(N)N)C(=O)NCC(N)=O. The summed E-state index contributed by atoms with van der Waals surface area (Å²) in [6, 6.07) is -1.47. The van der Waals surface area contributed by atoms with Crippen molar-refractivity contribution < 1.29 is 62.6 Å². The standard InChI is InChI=1S/C39H64N24O13/c1-17(64)59-20(6-18-2-4-19(65)5-3-18)31(72)51-12-26(67)49-13-27(68)60-22(8-56-37(43)44)33(74)52-15-29(70)62-24(10-58-39(47)48)35(76)54-16-30(71)63-23(9-57-38(45)46)34(75)53-14-28(69)61-21(7-55-36(41)42)32(73)50-11-25(40)66/h2-5,20-24,65H,6-16H2,1H3,(H2,40,66)(H,49,67)(H,50,73)(H,51,72)(H,52,74)(H,53,75)(H,54,76)(H,59,64)(H,60,68)(H,61,69)(H,62,70)(H,63,71)(H4,41,42,55)(H4,43,44,56)(H4,45,46,57)(H4,47,48,58)/t20-,21-,22-,23-,24-/m0/s1. The van der Waals surface area contributed by atoms with E-state index >= 15 is 0 Å². The molecule has 0 saturated heterocycles. The van der Waals surface area contributed by atoms with E-state index in [1.54, 1.807) is 0 Å². The Morgan fingerprint density at radius 1 is 0.395 bits per heavy atom. The lowest BCUT2D eigenvalue weighted by molar-refractivity contribution is -0.132. The van der Waals surface area contributed by atoms with Crippen molar-refractivity contribution in [1.29, 1.82) is 0 Å². The van der Waals surface area contributed by atoms with Crippen LogP contribution in [0, 0.1) is 0 Å². The highest BCUT2D eigenvalue weighted by Gasteiger charge is 2.28. The Labute approximate surface area is 431 Å². The summed E-state index contributed by atoms with van der Waals surface area (Å²) in [5.41, 5.74) is 48.5. The Kier molecular flexibility index (Phi) is 28.0. The predicted octanol–water partition coefficient (Wildman–Crippen LogP) is -14.3. The van der Waals surface area contributed by atoms with Crippen molar-refractivity contribution in [1.82, 2.24) is 58.5 Å². The molecule has 12 amide bonds. The van der Waals surface area contributed by atoms with Crippen molar-refractivity contribution in [2.24, 2.45) is 71.6 Å². The van der Waals surface area contributed by atoms with E-state index in [1.165, 1.54) is 31.2 Å². The van der Waals surface area contributed by atoms with Gasteiger partial charge in [-0.3, -0.25) is 77.5 Å². The summed E-state index contributed by atoms with van der Waals surface area (Å²) >= 11 is 0. The van der Waals surface area contributed by atoms with Crippen molar-refractivity contribution in [3.8, 4) is 5.75 Å². The molecule has 1 aromatic carbocycles. The van der Waals surface area contributed by atoms with Gasteiger partial charge in [-0.1, -0.05) is 12.1 Å². The average Bonchev–Trinajstić information content (AvgIpc) is 3.34. The lowest BCUT2D eigenvalue weighted by Crippen LogP contribution is -2.56. The van der Waals surface area contributed by atoms with Crippen LogP contribution in [0.15, 0.2) is 44.2 Å². The monoisotopic (exact) mass is 1080 g/mol. The van der Waals surface area contributed by atoms with Gasteiger partial charge in [-0.2, -0.15) is 0 Å². The van der Waals surface area contributed by atoms with Crippen LogP contribution in [0.25, 0.3) is 0 Å². The van der Waals surface area contributed by atoms with Crippen LogP contribution < -0.4 is 110 Å². The first-order valence-electron chi connectivity index (χ1n) is 22.0. The van der Waals surface area contributed by atoms with Crippen molar-refractivity contribution >= 4 is 94.7 Å². The van der Waals surface area contributed by atoms with Crippen LogP contribution in [0.2, 0.25) is 0 Å². The normalized spacial score (nSPS) is 12.2. The number of phenolic OH excluding ortho intramolecular Hbond substituents is 1. The number of carbonyl (C=O) groups excluding carboxylic acids is 12. The number of aliphatic imine (C=N–C) groups is 4. The summed E-state index contributed by atoms with van der Waals surface area (Å²) < 4.78 is 0. The molecule has 0 bridgehead atoms. The van der Waals surface area contributed by atoms with Crippen molar-refractivity contribution in [3.63, 3.8) is 0 Å². The van der Waals surface area contributed by atoms with E-state index in [9.17, 15) is 62.6 Å². The maximum atomic E-state index is 13.2. The van der Waals surface area contributed by atoms with Gasteiger partial charge in [-0.15, -0.1) is 0 Å². The van der Waals surface area contributed by atoms with Gasteiger partial charge in [-0.05, 0) is 17.7 Å². The number of hydrogen-bond donors (Lipinski definition) is 21. The average molecular weight is 1080 g/mol. The third-order valence-electron chi connectivity index (χ3n) is 9.08. The van der Waals surface area contributed by atoms with Gasteiger partial charge >= 0.3 is 0 Å². The second-order valence-electron chi connectivity index (χ2n) is 15.5. The number of aromatic hydroxyl groups is 1. The van der Waals surface area contributed by atoms with Crippen LogP contribution in [0.1, 0.15) is 12.5 Å². The first-order chi connectivity index (χ1) is 35.6. The lowest BCUT2D eigenvalue weighted by atomic mass is 10.0. The summed E-state index contributed by atoms with van der Waals surface area (Å²) in [6.45, 7) is -5.55. The molecule has 0 aliphatic rings. The quantitative estimate of drug-likeness (QED) is 0.0235. The lowest BCUT2D eigenvalue weighted by Gasteiger charge is -2.20. The zero-order chi connectivity index (χ0) is 57.5. The third-order valence-corrected chi connectivity index (χ3v) is 9.08. The van der Waals surface area contributed by atoms with E-state index in [0.29, 0.717) is 5.56 Å². The molecule has 37 nitrogen and oxygen atoms in total. The fourth-order valence-corrected chi connectivity index (χ4v) is 5.57. The molecule has 0 radical (unpaired) electrons. The minimum atomic E-state index is -1.62. The highest BCUT2D eigenvalue weighted by atomic mass is 16.3. The molecule has 0 aromatic heterocycles. The van der Waals surface area contributed by atoms with Gasteiger partial charge in [0.25, 0.3) is 0 Å². The Balaban J connectivity index is 2.91. The van der Waals surface area contributed by atoms with Gasteiger partial charge < -0.3 is 115 Å². The molecule has 0 saturated carbocycles. The Bertz CT molecular complexity index is 2380. The molecule has 30 N–H and O–H groups in total. The maximum Gasteiger partial charge on any atom is 0.244 e. The number of nitrogens with two attached hydrogens (primary N) is 9. The van der Waals surface area contributed by atoms with E-state index < -0.39 is 190 Å². The fraction of sp³-hybridized carbons (Fsp3) is 0.436. The second kappa shape index (κ2) is 33.4. The zero-order valence-corrected chi connectivity index (χ0v) is 40.8. The molecule has 1 aromatic rings. The number of phenols is 1. The third kappa shape index (κ3) is 28.6. The van der Waals surface area contributed by atoms with Crippen LogP contribution in [-0.2, 0) is 64.0 Å². The van der Waals surface area contributed by atoms with Gasteiger partial charge in [0.2, 0.25) is 70.9 Å². The molecule has 0 aliphatic carbocycles. The highest BCUT2D eigenvalue weighted by Crippen LogP contribution is 2.11. The first-order valence-corrected chi connectivity index (χ1v) is 22.0. The number of rotatable bonds is 32. The van der Waals surface area contributed by atoms with Gasteiger partial charge in [0.1, 0.15) is 36.0 Å². The summed E-state index contributed by atoms with van der Waals surface area (Å²) in [5.74, 6) is -13.1. The van der Waals surface area contributed by atoms with Crippen LogP contribution in [0.3, 0.4) is 0 Å². The van der Waals surface area contributed by atoms with Gasteiger partial charge in [0.15, 0.2) is 23.8 Å². The van der Waals surface area contributed by atoms with Gasteiger partial charge in [-0.25, -0.2) is 0 Å². The first kappa shape index (κ1) is 63.8. The maximum absolute atomic E-state index is 13.2. The molecule has 0 aliphatic heterocycles. The highest BCUT2D eigenvalue weighted by molar-refractivity contribution is 5.97. The molecular formula is C39H64N24O13. The minimum Gasteiger partial charge on any atom is -0.508 e. The summed E-state index contributed by atoms with van der Waals surface area (Å²) in [4.78, 5) is 166. The number of carbonyl (C=O) groups is 12. The van der Waals surface area contributed by atoms with Gasteiger partial charge in [0.05, 0.1) is 65.4 Å². The van der Waals surface area contributed by atoms with Crippen LogP contribution in [0.4, 0.5) is 0 Å². The van der Waals surface area contributed by atoms with Crippen molar-refractivity contribution in [2.45, 2.75) is 43.6 Å². The zero-order valence-electron chi connectivity index (χ0n) is 40.8. The van der Waals surface area contributed by atoms with E-state index in [0.717, 1.165) is 0 Å². The number of hydrogen-bond acceptors (Lipinski definition) is 17. The Morgan fingerprint density at radius 2 is 0.671 bits per heavy atom. The molecule has 418 valence electrons. The number of guanidine groups is 4. The summed E-state index contributed by atoms with van der Waals surface area (Å²) in [5, 5.41) is 34.2. The molecule has 37 heteroatoms. The number of amides is 12. The van der Waals surface area contributed by atoms with Crippen molar-refractivity contribution in [2.75, 3.05) is 65.4 Å². The van der Waals surface area contributed by atoms with E-state index in [1.807, 2.05) is 0 Å². The molecule has 0 heterocycles. The second-order valence-corrected chi connectivity index (χ2v) is 15.5. The summed E-state index contributed by atoms with van der Waals surface area (Å²) in [6.07, 6.45) is 0.0116. The number of nitrogens with one attached hydrogen (secondary N) is 11. The molecule has 0 unspecified atom stereocenters. The predicted molar refractivity (Wildman–Crippen MR) is 267 cm³/mol. The van der Waals surface area contributed by atoms with Gasteiger partial charge in [0, 0.05) is 13.3 Å². The topological polar surface area (TPSA) is 641 Å². The van der Waals surface area contributed by atoms with E-state index in [-0.39, 0.29) is 12.2 Å². The molecule has 5 atom stereocenters. The van der Waals surface area contributed by atoms with Crippen molar-refractivity contribution in [3.05, 3.63) is 29.8 Å². The molecule has 0 fully saturated rings. The smallest absolute Gasteiger partial charge is 0.244 e. The Hall–Kier alpha value is -10.3. The molecule has 76 heavy (non-hydrogen) atoms. The largest absolute Gasteiger partial charge is 0.508 e. The minimum absolute atomic E-state index is 0.0116. The number of nitrogens with zero attached hydrogens (tertiary/aromatic N) is 4. The fourth-order valence-electron chi connectivity index (χ4n) is 5.57.